The summed E-state index contributed by atoms with van der Waals surface area (Å²) in [4.78, 5) is 41.8. The second-order valence-corrected chi connectivity index (χ2v) is 8.29. The summed E-state index contributed by atoms with van der Waals surface area (Å²) in [5.74, 6) is -2.49. The number of carbonyl (C=O) groups is 3. The lowest BCUT2D eigenvalue weighted by atomic mass is 10.00. The largest absolute Gasteiger partial charge is 0.508 e. The zero-order valence-corrected chi connectivity index (χ0v) is 19.5. The molecule has 0 saturated heterocycles. The molecule has 0 saturated carbocycles. The van der Waals surface area contributed by atoms with Gasteiger partial charge in [-0.3, -0.25) is 4.79 Å². The zero-order chi connectivity index (χ0) is 25.7. The van der Waals surface area contributed by atoms with Gasteiger partial charge in [0.1, 0.15) is 17.5 Å². The van der Waals surface area contributed by atoms with E-state index < -0.39 is 23.9 Å². The first-order chi connectivity index (χ1) is 17.3. The van der Waals surface area contributed by atoms with Gasteiger partial charge in [0.05, 0.1) is 18.2 Å². The maximum atomic E-state index is 13.0. The molecule has 0 radical (unpaired) electrons. The van der Waals surface area contributed by atoms with E-state index in [-0.39, 0.29) is 23.4 Å². The fraction of sp³-hybridized carbons (Fsp3) is 0.143. The summed E-state index contributed by atoms with van der Waals surface area (Å²) in [6.45, 7) is 0. The molecule has 0 bridgehead atoms. The SMILES string of the molecule is COC(=O)[C@H](Cc1ccc(O)cc1)NC(=O)c1cc(C(=O)O)c2cc(Cc3ccccc3)ccc2n1. The number of phenols is 1. The highest BCUT2D eigenvalue weighted by Crippen LogP contribution is 2.22. The molecule has 36 heavy (non-hydrogen) atoms. The van der Waals surface area contributed by atoms with Gasteiger partial charge in [0.25, 0.3) is 5.91 Å². The summed E-state index contributed by atoms with van der Waals surface area (Å²) in [7, 11) is 1.21. The number of carbonyl (C=O) groups excluding carboxylic acids is 2. The highest BCUT2D eigenvalue weighted by Gasteiger charge is 2.24. The number of carboxylic acid groups (broad SMARTS) is 1. The number of nitrogens with one attached hydrogen (secondary N) is 1. The van der Waals surface area contributed by atoms with Crippen LogP contribution in [0.2, 0.25) is 0 Å². The lowest BCUT2D eigenvalue weighted by Crippen LogP contribution is -2.43. The maximum absolute atomic E-state index is 13.0. The molecule has 182 valence electrons. The van der Waals surface area contributed by atoms with Crippen LogP contribution < -0.4 is 5.32 Å². The molecule has 0 fully saturated rings. The Kier molecular flexibility index (Phi) is 7.25. The van der Waals surface area contributed by atoms with Crippen molar-refractivity contribution in [2.75, 3.05) is 7.11 Å². The van der Waals surface area contributed by atoms with Crippen LogP contribution in [0.4, 0.5) is 0 Å². The van der Waals surface area contributed by atoms with E-state index in [9.17, 15) is 24.6 Å². The molecule has 0 unspecified atom stereocenters. The molecule has 3 aromatic carbocycles. The van der Waals surface area contributed by atoms with Gasteiger partial charge in [0.15, 0.2) is 0 Å². The monoisotopic (exact) mass is 484 g/mol. The molecule has 4 rings (SSSR count). The Labute approximate surface area is 207 Å². The Morgan fingerprint density at radius 1 is 0.917 bits per heavy atom. The Hall–Kier alpha value is -4.72. The highest BCUT2D eigenvalue weighted by atomic mass is 16.5. The molecule has 0 aliphatic carbocycles. The predicted molar refractivity (Wildman–Crippen MR) is 133 cm³/mol. The lowest BCUT2D eigenvalue weighted by Gasteiger charge is -2.17. The van der Waals surface area contributed by atoms with Crippen molar-refractivity contribution in [2.45, 2.75) is 18.9 Å². The fourth-order valence-corrected chi connectivity index (χ4v) is 3.94. The van der Waals surface area contributed by atoms with Gasteiger partial charge in [-0.1, -0.05) is 48.5 Å². The minimum Gasteiger partial charge on any atom is -0.508 e. The van der Waals surface area contributed by atoms with Crippen molar-refractivity contribution >= 4 is 28.7 Å². The molecule has 1 amide bonds. The average molecular weight is 485 g/mol. The first-order valence-corrected chi connectivity index (χ1v) is 11.2. The van der Waals surface area contributed by atoms with Gasteiger partial charge >= 0.3 is 11.9 Å². The summed E-state index contributed by atoms with van der Waals surface area (Å²) in [5, 5.41) is 22.3. The van der Waals surface area contributed by atoms with E-state index in [4.69, 9.17) is 4.74 Å². The molecule has 1 atom stereocenters. The molecule has 8 heteroatoms. The van der Waals surface area contributed by atoms with Gasteiger partial charge in [-0.15, -0.1) is 0 Å². The minimum absolute atomic E-state index is 0.0618. The van der Waals surface area contributed by atoms with Crippen LogP contribution in [0.15, 0.2) is 78.9 Å². The number of aromatic carboxylic acids is 1. The van der Waals surface area contributed by atoms with E-state index in [0.717, 1.165) is 11.1 Å². The quantitative estimate of drug-likeness (QED) is 0.325. The van der Waals surface area contributed by atoms with Crippen LogP contribution in [0.1, 0.15) is 37.5 Å². The topological polar surface area (TPSA) is 126 Å². The number of ether oxygens (including phenoxy) is 1. The third kappa shape index (κ3) is 5.67. The number of aromatic hydroxyl groups is 1. The van der Waals surface area contributed by atoms with E-state index in [1.54, 1.807) is 24.3 Å². The molecule has 0 spiro atoms. The summed E-state index contributed by atoms with van der Waals surface area (Å²) in [6, 6.07) is 21.5. The highest BCUT2D eigenvalue weighted by molar-refractivity contribution is 6.06. The normalized spacial score (nSPS) is 11.6. The van der Waals surface area contributed by atoms with E-state index >= 15 is 0 Å². The van der Waals surface area contributed by atoms with Crippen molar-refractivity contribution in [2.24, 2.45) is 0 Å². The molecular weight excluding hydrogens is 460 g/mol. The smallest absolute Gasteiger partial charge is 0.336 e. The van der Waals surface area contributed by atoms with Gasteiger partial charge in [-0.2, -0.15) is 0 Å². The average Bonchev–Trinajstić information content (AvgIpc) is 2.88. The lowest BCUT2D eigenvalue weighted by molar-refractivity contribution is -0.142. The van der Waals surface area contributed by atoms with Crippen LogP contribution in [0.5, 0.6) is 5.75 Å². The number of pyridine rings is 1. The van der Waals surface area contributed by atoms with Gasteiger partial charge in [-0.25, -0.2) is 14.6 Å². The molecule has 3 N–H and O–H groups in total. The Balaban J connectivity index is 1.62. The first kappa shape index (κ1) is 24.4. The molecular formula is C28H24N2O6. The van der Waals surface area contributed by atoms with Crippen LogP contribution >= 0.6 is 0 Å². The number of benzene rings is 3. The standard InChI is InChI=1S/C28H24N2O6/c1-36-28(35)25(15-18-7-10-20(31)11-8-18)30-26(32)24-16-22(27(33)34)21-14-19(9-12-23(21)29-24)13-17-5-3-2-4-6-17/h2-12,14,16,25,31H,13,15H2,1H3,(H,30,32)(H,33,34)/t25-/m0/s1. The molecule has 8 nitrogen and oxygen atoms in total. The van der Waals surface area contributed by atoms with Crippen LogP contribution in [0, 0.1) is 0 Å². The van der Waals surface area contributed by atoms with Gasteiger partial charge in [0.2, 0.25) is 0 Å². The predicted octanol–water partition coefficient (Wildman–Crippen LogP) is 3.74. The number of phenolic OH excluding ortho intramolecular Hbond substituents is 1. The van der Waals surface area contributed by atoms with Crippen molar-refractivity contribution in [3.8, 4) is 5.75 Å². The van der Waals surface area contributed by atoms with E-state index in [2.05, 4.69) is 10.3 Å². The number of amides is 1. The fourth-order valence-electron chi connectivity index (χ4n) is 3.94. The molecule has 4 aromatic rings. The van der Waals surface area contributed by atoms with Gasteiger partial charge in [0, 0.05) is 11.8 Å². The number of carboxylic acids is 1. The maximum Gasteiger partial charge on any atom is 0.336 e. The van der Waals surface area contributed by atoms with Crippen LogP contribution in [-0.4, -0.2) is 46.2 Å². The van der Waals surface area contributed by atoms with Crippen molar-refractivity contribution in [1.82, 2.24) is 10.3 Å². The number of hydrogen-bond acceptors (Lipinski definition) is 6. The molecule has 1 aromatic heterocycles. The second kappa shape index (κ2) is 10.7. The van der Waals surface area contributed by atoms with Gasteiger partial charge in [-0.05, 0) is 53.4 Å². The number of esters is 1. The van der Waals surface area contributed by atoms with Crippen molar-refractivity contribution in [3.63, 3.8) is 0 Å². The van der Waals surface area contributed by atoms with Crippen molar-refractivity contribution in [3.05, 3.63) is 107 Å². The van der Waals surface area contributed by atoms with Crippen LogP contribution in [-0.2, 0) is 22.4 Å². The van der Waals surface area contributed by atoms with Crippen LogP contribution in [0.25, 0.3) is 10.9 Å². The second-order valence-electron chi connectivity index (χ2n) is 8.29. The minimum atomic E-state index is -1.19. The number of aromatic nitrogens is 1. The van der Waals surface area contributed by atoms with E-state index in [0.29, 0.717) is 22.9 Å². The summed E-state index contributed by atoms with van der Waals surface area (Å²) in [5.41, 5.74) is 2.84. The molecule has 1 heterocycles. The summed E-state index contributed by atoms with van der Waals surface area (Å²) in [6.07, 6.45) is 0.733. The zero-order valence-electron chi connectivity index (χ0n) is 19.5. The number of fused-ring (bicyclic) bond motifs is 1. The number of rotatable bonds is 8. The summed E-state index contributed by atoms with van der Waals surface area (Å²) >= 11 is 0. The van der Waals surface area contributed by atoms with Crippen molar-refractivity contribution in [1.29, 1.82) is 0 Å². The van der Waals surface area contributed by atoms with E-state index in [1.165, 1.54) is 25.3 Å². The number of nitrogens with zero attached hydrogens (tertiary/aromatic N) is 1. The summed E-state index contributed by atoms with van der Waals surface area (Å²) < 4.78 is 4.82. The molecule has 0 aliphatic heterocycles. The number of methoxy groups -OCH3 is 1. The van der Waals surface area contributed by atoms with Crippen molar-refractivity contribution < 1.29 is 29.3 Å². The number of hydrogen-bond donors (Lipinski definition) is 3. The van der Waals surface area contributed by atoms with Crippen LogP contribution in [0.3, 0.4) is 0 Å². The Morgan fingerprint density at radius 2 is 1.61 bits per heavy atom. The van der Waals surface area contributed by atoms with Gasteiger partial charge < -0.3 is 20.3 Å². The third-order valence-corrected chi connectivity index (χ3v) is 5.75. The molecule has 0 aliphatic rings. The Morgan fingerprint density at radius 3 is 2.28 bits per heavy atom. The third-order valence-electron chi connectivity index (χ3n) is 5.75. The first-order valence-electron chi connectivity index (χ1n) is 11.2. The van der Waals surface area contributed by atoms with E-state index in [1.807, 2.05) is 36.4 Å². The Bertz CT molecular complexity index is 1420.